The van der Waals surface area contributed by atoms with Crippen LogP contribution in [0.2, 0.25) is 0 Å². The highest BCUT2D eigenvalue weighted by Crippen LogP contribution is 2.22. The first kappa shape index (κ1) is 13.6. The Morgan fingerprint density at radius 3 is 2.95 bits per heavy atom. The van der Waals surface area contributed by atoms with Crippen molar-refractivity contribution in [2.24, 2.45) is 0 Å². The second kappa shape index (κ2) is 5.65. The molecular formula is C17H22N5+. The number of quaternary nitrogens is 1. The Morgan fingerprint density at radius 2 is 2.09 bits per heavy atom. The Hall–Kier alpha value is -2.01. The van der Waals surface area contributed by atoms with Crippen molar-refractivity contribution in [1.82, 2.24) is 20.0 Å². The summed E-state index contributed by atoms with van der Waals surface area (Å²) in [6.45, 7) is 3.07. The number of hydrogen-bond donors (Lipinski definition) is 1. The Kier molecular flexibility index (Phi) is 3.50. The Balaban J connectivity index is 1.71. The highest BCUT2D eigenvalue weighted by Gasteiger charge is 2.18. The molecule has 0 radical (unpaired) electrons. The zero-order valence-electron chi connectivity index (χ0n) is 13.0. The number of para-hydroxylation sites is 1. The second-order valence-electron chi connectivity index (χ2n) is 6.43. The molecule has 0 bridgehead atoms. The van der Waals surface area contributed by atoms with Crippen molar-refractivity contribution in [2.45, 2.75) is 51.6 Å². The van der Waals surface area contributed by atoms with E-state index in [1.807, 2.05) is 4.52 Å². The zero-order valence-corrected chi connectivity index (χ0v) is 13.0. The lowest BCUT2D eigenvalue weighted by Gasteiger charge is -2.20. The quantitative estimate of drug-likeness (QED) is 0.804. The van der Waals surface area contributed by atoms with E-state index in [0.717, 1.165) is 23.8 Å². The summed E-state index contributed by atoms with van der Waals surface area (Å²) in [4.78, 5) is 0. The van der Waals surface area contributed by atoms with Crippen LogP contribution in [-0.4, -0.2) is 26.1 Å². The Labute approximate surface area is 129 Å². The Bertz CT molecular complexity index is 801. The van der Waals surface area contributed by atoms with Crippen molar-refractivity contribution in [1.29, 1.82) is 0 Å². The third-order valence-electron chi connectivity index (χ3n) is 4.89. The smallest absolute Gasteiger partial charge is 0.188 e. The number of hydrogen-bond acceptors (Lipinski definition) is 3. The number of tetrazole rings is 1. The van der Waals surface area contributed by atoms with Gasteiger partial charge >= 0.3 is 0 Å². The topological polar surface area (TPSA) is 59.7 Å². The van der Waals surface area contributed by atoms with E-state index in [1.54, 1.807) is 0 Å². The van der Waals surface area contributed by atoms with E-state index >= 15 is 0 Å². The monoisotopic (exact) mass is 296 g/mol. The van der Waals surface area contributed by atoms with E-state index in [2.05, 4.69) is 52.0 Å². The van der Waals surface area contributed by atoms with Gasteiger partial charge in [-0.25, -0.2) is 0 Å². The van der Waals surface area contributed by atoms with Crippen molar-refractivity contribution in [3.8, 4) is 0 Å². The molecule has 4 rings (SSSR count). The fraction of sp³-hybridized carbons (Fsp3) is 0.471. The largest absolute Gasteiger partial charge is 0.340 e. The molecule has 1 aliphatic rings. The van der Waals surface area contributed by atoms with Crippen LogP contribution in [0.4, 0.5) is 0 Å². The van der Waals surface area contributed by atoms with Gasteiger partial charge in [-0.1, -0.05) is 24.6 Å². The fourth-order valence-corrected chi connectivity index (χ4v) is 3.69. The molecule has 0 aliphatic heterocycles. The van der Waals surface area contributed by atoms with E-state index in [1.165, 1.54) is 48.6 Å². The van der Waals surface area contributed by atoms with Gasteiger partial charge in [0.05, 0.1) is 17.1 Å². The van der Waals surface area contributed by atoms with Crippen molar-refractivity contribution in [3.05, 3.63) is 35.4 Å². The fourth-order valence-electron chi connectivity index (χ4n) is 3.69. The lowest BCUT2D eigenvalue weighted by Crippen LogP contribution is -2.88. The van der Waals surface area contributed by atoms with Crippen molar-refractivity contribution < 1.29 is 5.32 Å². The van der Waals surface area contributed by atoms with Gasteiger partial charge in [-0.2, -0.15) is 4.52 Å². The summed E-state index contributed by atoms with van der Waals surface area (Å²) in [6.07, 6.45) is 6.83. The predicted octanol–water partition coefficient (Wildman–Crippen LogP) is 1.98. The van der Waals surface area contributed by atoms with E-state index in [-0.39, 0.29) is 0 Å². The molecule has 5 nitrogen and oxygen atoms in total. The molecule has 0 saturated heterocycles. The van der Waals surface area contributed by atoms with Crippen LogP contribution in [0.1, 0.15) is 43.2 Å². The average Bonchev–Trinajstić information content (AvgIpc) is 3.03. The summed E-state index contributed by atoms with van der Waals surface area (Å²) in [5, 5.41) is 16.0. The second-order valence-corrected chi connectivity index (χ2v) is 6.43. The summed E-state index contributed by atoms with van der Waals surface area (Å²) in [6, 6.07) is 9.37. The first-order valence-electron chi connectivity index (χ1n) is 8.25. The van der Waals surface area contributed by atoms with E-state index in [0.29, 0.717) is 0 Å². The third kappa shape index (κ3) is 2.35. The molecule has 1 aliphatic carbocycles. The molecule has 114 valence electrons. The van der Waals surface area contributed by atoms with E-state index in [4.69, 9.17) is 0 Å². The standard InChI is InChI=1S/C17H21N5/c1-12-6-5-7-13-10-14(11-18-15-8-3-2-4-9-15)17-19-20-21-22(17)16(12)13/h5-7,10,15,18H,2-4,8-9,11H2,1H3/p+1. The molecule has 2 aromatic heterocycles. The highest BCUT2D eigenvalue weighted by atomic mass is 15.5. The minimum atomic E-state index is 0.762. The van der Waals surface area contributed by atoms with Crippen LogP contribution in [0, 0.1) is 6.92 Å². The van der Waals surface area contributed by atoms with Crippen LogP contribution in [-0.2, 0) is 6.54 Å². The summed E-state index contributed by atoms with van der Waals surface area (Å²) < 4.78 is 1.90. The molecular weight excluding hydrogens is 274 g/mol. The molecule has 22 heavy (non-hydrogen) atoms. The number of fused-ring (bicyclic) bond motifs is 3. The van der Waals surface area contributed by atoms with Gasteiger partial charge in [0, 0.05) is 5.39 Å². The van der Waals surface area contributed by atoms with E-state index in [9.17, 15) is 0 Å². The minimum absolute atomic E-state index is 0.762. The normalized spacial score (nSPS) is 16.6. The third-order valence-corrected chi connectivity index (χ3v) is 4.89. The van der Waals surface area contributed by atoms with E-state index < -0.39 is 0 Å². The van der Waals surface area contributed by atoms with Crippen LogP contribution in [0.15, 0.2) is 24.3 Å². The maximum Gasteiger partial charge on any atom is 0.188 e. The Morgan fingerprint density at radius 1 is 1.23 bits per heavy atom. The van der Waals surface area contributed by atoms with Crippen LogP contribution >= 0.6 is 0 Å². The summed E-state index contributed by atoms with van der Waals surface area (Å²) in [5.41, 5.74) is 4.45. The molecule has 3 aromatic rings. The number of nitrogens with zero attached hydrogens (tertiary/aromatic N) is 4. The van der Waals surface area contributed by atoms with Crippen molar-refractivity contribution in [3.63, 3.8) is 0 Å². The number of benzene rings is 1. The molecule has 5 heteroatoms. The summed E-state index contributed by atoms with van der Waals surface area (Å²) in [5.74, 6) is 0. The van der Waals surface area contributed by atoms with Gasteiger partial charge in [0.15, 0.2) is 5.65 Å². The summed E-state index contributed by atoms with van der Waals surface area (Å²) >= 11 is 0. The van der Waals surface area contributed by atoms with Crippen molar-refractivity contribution in [2.75, 3.05) is 0 Å². The van der Waals surface area contributed by atoms with Crippen molar-refractivity contribution >= 4 is 16.6 Å². The highest BCUT2D eigenvalue weighted by molar-refractivity contribution is 5.85. The zero-order chi connectivity index (χ0) is 14.9. The summed E-state index contributed by atoms with van der Waals surface area (Å²) in [7, 11) is 0. The van der Waals surface area contributed by atoms with Gasteiger partial charge in [0.25, 0.3) is 0 Å². The molecule has 2 heterocycles. The molecule has 1 aromatic carbocycles. The first-order valence-corrected chi connectivity index (χ1v) is 8.25. The SMILES string of the molecule is Cc1cccc2cc(C[NH2+]C3CCCCC3)c3nnnn3c12. The van der Waals surface area contributed by atoms with Gasteiger partial charge in [-0.3, -0.25) is 0 Å². The lowest BCUT2D eigenvalue weighted by molar-refractivity contribution is -0.706. The van der Waals surface area contributed by atoms with Gasteiger partial charge in [0.2, 0.25) is 0 Å². The molecule has 0 atom stereocenters. The predicted molar refractivity (Wildman–Crippen MR) is 85.5 cm³/mol. The minimum Gasteiger partial charge on any atom is -0.340 e. The molecule has 0 amide bonds. The molecule has 1 saturated carbocycles. The number of aromatic nitrogens is 4. The maximum atomic E-state index is 4.26. The number of nitrogens with two attached hydrogens (primary N) is 1. The molecule has 0 spiro atoms. The lowest BCUT2D eigenvalue weighted by atomic mass is 9.95. The molecule has 0 unspecified atom stereocenters. The van der Waals surface area contributed by atoms with Crippen LogP contribution in [0.5, 0.6) is 0 Å². The maximum absolute atomic E-state index is 4.26. The number of rotatable bonds is 3. The number of aryl methyl sites for hydroxylation is 1. The first-order chi connectivity index (χ1) is 10.8. The van der Waals surface area contributed by atoms with Crippen LogP contribution in [0.25, 0.3) is 16.6 Å². The van der Waals surface area contributed by atoms with Gasteiger partial charge in [0.1, 0.15) is 6.54 Å². The number of pyridine rings is 1. The van der Waals surface area contributed by atoms with Crippen LogP contribution in [0.3, 0.4) is 0 Å². The van der Waals surface area contributed by atoms with Gasteiger partial charge in [-0.05, 0) is 54.7 Å². The molecule has 2 N–H and O–H groups in total. The molecule has 1 fully saturated rings. The average molecular weight is 296 g/mol. The van der Waals surface area contributed by atoms with Crippen LogP contribution < -0.4 is 5.32 Å². The van der Waals surface area contributed by atoms with Gasteiger partial charge < -0.3 is 5.32 Å². The van der Waals surface area contributed by atoms with Gasteiger partial charge in [-0.15, -0.1) is 5.10 Å².